The van der Waals surface area contributed by atoms with Crippen molar-refractivity contribution >= 4 is 43.5 Å². The molecule has 0 amide bonds. The Bertz CT molecular complexity index is 600. The molecule has 1 atom stereocenters. The Morgan fingerprint density at radius 2 is 1.70 bits per heavy atom. The third kappa shape index (κ3) is 3.30. The lowest BCUT2D eigenvalue weighted by molar-refractivity contribution is 0.407. The molecule has 0 fully saturated rings. The van der Waals surface area contributed by atoms with E-state index in [1.807, 2.05) is 36.4 Å². The van der Waals surface area contributed by atoms with Crippen LogP contribution >= 0.6 is 43.5 Å². The van der Waals surface area contributed by atoms with E-state index in [9.17, 15) is 0 Å². The summed E-state index contributed by atoms with van der Waals surface area (Å²) in [4.78, 5) is -0.0154. The molecular weight excluding hydrogens is 407 g/mol. The molecular formula is C15H13Br2ClO2. The summed E-state index contributed by atoms with van der Waals surface area (Å²) >= 11 is 13.3. The molecule has 2 rings (SSSR count). The molecule has 106 valence electrons. The lowest BCUT2D eigenvalue weighted by Crippen LogP contribution is -1.98. The Kier molecular flexibility index (Phi) is 5.35. The smallest absolute Gasteiger partial charge is 0.137 e. The van der Waals surface area contributed by atoms with Gasteiger partial charge in [0.15, 0.2) is 0 Å². The summed E-state index contributed by atoms with van der Waals surface area (Å²) in [5.74, 6) is 1.60. The Morgan fingerprint density at radius 3 is 2.25 bits per heavy atom. The minimum atomic E-state index is -0.0154. The molecule has 20 heavy (non-hydrogen) atoms. The molecule has 0 saturated heterocycles. The van der Waals surface area contributed by atoms with Gasteiger partial charge in [-0.1, -0.05) is 39.7 Å². The number of hydrogen-bond acceptors (Lipinski definition) is 2. The summed E-state index contributed by atoms with van der Waals surface area (Å²) < 4.78 is 11.5. The van der Waals surface area contributed by atoms with Crippen LogP contribution in [0.5, 0.6) is 11.5 Å². The molecule has 0 radical (unpaired) electrons. The molecule has 2 aromatic rings. The zero-order valence-electron chi connectivity index (χ0n) is 11.0. The van der Waals surface area contributed by atoms with E-state index in [0.717, 1.165) is 27.1 Å². The molecule has 2 aromatic carbocycles. The first-order valence-electron chi connectivity index (χ1n) is 5.87. The van der Waals surface area contributed by atoms with Crippen molar-refractivity contribution in [2.24, 2.45) is 0 Å². The number of benzene rings is 2. The van der Waals surface area contributed by atoms with Crippen molar-refractivity contribution in [3.05, 3.63) is 57.0 Å². The third-order valence-corrected chi connectivity index (χ3v) is 4.75. The molecule has 0 N–H and O–H groups in total. The first-order valence-corrected chi connectivity index (χ1v) is 7.96. The predicted octanol–water partition coefficient (Wildman–Crippen LogP) is 5.60. The fourth-order valence-corrected chi connectivity index (χ4v) is 3.58. The van der Waals surface area contributed by atoms with E-state index in [-0.39, 0.29) is 4.83 Å². The highest BCUT2D eigenvalue weighted by Gasteiger charge is 2.18. The SMILES string of the molecule is COc1ccc(C(Br)c2cc(Cl)cc(Br)c2OC)cc1. The molecule has 0 spiro atoms. The van der Waals surface area contributed by atoms with Crippen molar-refractivity contribution in [1.29, 1.82) is 0 Å². The van der Waals surface area contributed by atoms with E-state index < -0.39 is 0 Å². The summed E-state index contributed by atoms with van der Waals surface area (Å²) in [6.07, 6.45) is 0. The van der Waals surface area contributed by atoms with Gasteiger partial charge >= 0.3 is 0 Å². The van der Waals surface area contributed by atoms with Crippen molar-refractivity contribution in [3.63, 3.8) is 0 Å². The van der Waals surface area contributed by atoms with Crippen molar-refractivity contribution in [2.75, 3.05) is 14.2 Å². The molecule has 0 saturated carbocycles. The van der Waals surface area contributed by atoms with Crippen LogP contribution in [0, 0.1) is 0 Å². The van der Waals surface area contributed by atoms with Gasteiger partial charge in [-0.2, -0.15) is 0 Å². The minimum Gasteiger partial charge on any atom is -0.497 e. The number of rotatable bonds is 4. The molecule has 0 aliphatic rings. The Morgan fingerprint density at radius 1 is 1.05 bits per heavy atom. The maximum atomic E-state index is 6.13. The van der Waals surface area contributed by atoms with Gasteiger partial charge in [-0.15, -0.1) is 0 Å². The lowest BCUT2D eigenvalue weighted by atomic mass is 10.0. The fourth-order valence-electron chi connectivity index (χ4n) is 1.94. The molecule has 0 aliphatic carbocycles. The van der Waals surface area contributed by atoms with Crippen LogP contribution in [-0.4, -0.2) is 14.2 Å². The molecule has 0 aromatic heterocycles. The third-order valence-electron chi connectivity index (χ3n) is 2.92. The summed E-state index contributed by atoms with van der Waals surface area (Å²) in [6.45, 7) is 0. The van der Waals surface area contributed by atoms with Gasteiger partial charge in [0.25, 0.3) is 0 Å². The average Bonchev–Trinajstić information content (AvgIpc) is 2.46. The zero-order valence-corrected chi connectivity index (χ0v) is 14.9. The highest BCUT2D eigenvalue weighted by molar-refractivity contribution is 9.10. The number of ether oxygens (including phenoxy) is 2. The second-order valence-corrected chi connectivity index (χ2v) is 6.35. The van der Waals surface area contributed by atoms with Crippen LogP contribution in [0.4, 0.5) is 0 Å². The first-order chi connectivity index (χ1) is 9.56. The molecule has 1 unspecified atom stereocenters. The van der Waals surface area contributed by atoms with Gasteiger partial charge in [-0.25, -0.2) is 0 Å². The molecule has 0 heterocycles. The normalized spacial score (nSPS) is 12.1. The van der Waals surface area contributed by atoms with Gasteiger partial charge < -0.3 is 9.47 Å². The fraction of sp³-hybridized carbons (Fsp3) is 0.200. The standard InChI is InChI=1S/C15H13Br2ClO2/c1-19-11-5-3-9(4-6-11)14(17)12-7-10(18)8-13(16)15(12)20-2/h3-8,14H,1-2H3. The Labute approximate surface area is 140 Å². The average molecular weight is 421 g/mol. The Hall–Kier alpha value is -0.710. The van der Waals surface area contributed by atoms with Crippen molar-refractivity contribution < 1.29 is 9.47 Å². The summed E-state index contributed by atoms with van der Waals surface area (Å²) in [5, 5.41) is 0.658. The number of alkyl halides is 1. The van der Waals surface area contributed by atoms with Crippen molar-refractivity contribution in [3.8, 4) is 11.5 Å². The van der Waals surface area contributed by atoms with E-state index in [4.69, 9.17) is 21.1 Å². The van der Waals surface area contributed by atoms with Gasteiger partial charge in [-0.3, -0.25) is 0 Å². The largest absolute Gasteiger partial charge is 0.497 e. The van der Waals surface area contributed by atoms with Crippen LogP contribution in [0.25, 0.3) is 0 Å². The molecule has 2 nitrogen and oxygen atoms in total. The van der Waals surface area contributed by atoms with E-state index >= 15 is 0 Å². The predicted molar refractivity (Wildman–Crippen MR) is 89.5 cm³/mol. The monoisotopic (exact) mass is 418 g/mol. The topological polar surface area (TPSA) is 18.5 Å². The van der Waals surface area contributed by atoms with Crippen molar-refractivity contribution in [1.82, 2.24) is 0 Å². The van der Waals surface area contributed by atoms with Crippen LogP contribution in [0.15, 0.2) is 40.9 Å². The van der Waals surface area contributed by atoms with Crippen LogP contribution in [0.2, 0.25) is 5.02 Å². The van der Waals surface area contributed by atoms with Gasteiger partial charge in [0.1, 0.15) is 11.5 Å². The van der Waals surface area contributed by atoms with Gasteiger partial charge in [-0.05, 0) is 45.8 Å². The van der Waals surface area contributed by atoms with Crippen molar-refractivity contribution in [2.45, 2.75) is 4.83 Å². The van der Waals surface area contributed by atoms with Gasteiger partial charge in [0, 0.05) is 10.6 Å². The van der Waals surface area contributed by atoms with E-state index in [2.05, 4.69) is 31.9 Å². The van der Waals surface area contributed by atoms with Crippen LogP contribution < -0.4 is 9.47 Å². The highest BCUT2D eigenvalue weighted by Crippen LogP contribution is 2.42. The second kappa shape index (κ2) is 6.83. The van der Waals surface area contributed by atoms with E-state index in [1.165, 1.54) is 0 Å². The van der Waals surface area contributed by atoms with E-state index in [0.29, 0.717) is 5.02 Å². The molecule has 0 aliphatic heterocycles. The Balaban J connectivity index is 2.43. The zero-order chi connectivity index (χ0) is 14.7. The minimum absolute atomic E-state index is 0.0154. The second-order valence-electron chi connectivity index (χ2n) is 4.15. The van der Waals surface area contributed by atoms with Gasteiger partial charge in [0.05, 0.1) is 23.5 Å². The van der Waals surface area contributed by atoms with Crippen LogP contribution in [0.1, 0.15) is 16.0 Å². The lowest BCUT2D eigenvalue weighted by Gasteiger charge is -2.17. The van der Waals surface area contributed by atoms with E-state index in [1.54, 1.807) is 14.2 Å². The maximum Gasteiger partial charge on any atom is 0.137 e. The molecule has 5 heteroatoms. The summed E-state index contributed by atoms with van der Waals surface area (Å²) in [5.41, 5.74) is 2.07. The first kappa shape index (κ1) is 15.7. The highest BCUT2D eigenvalue weighted by atomic mass is 79.9. The quantitative estimate of drug-likeness (QED) is 0.599. The summed E-state index contributed by atoms with van der Waals surface area (Å²) in [7, 11) is 3.29. The number of methoxy groups -OCH3 is 2. The molecule has 0 bridgehead atoms. The van der Waals surface area contributed by atoms with Gasteiger partial charge in [0.2, 0.25) is 0 Å². The summed E-state index contributed by atoms with van der Waals surface area (Å²) in [6, 6.07) is 11.6. The number of halogens is 3. The maximum absolute atomic E-state index is 6.13. The number of hydrogen-bond donors (Lipinski definition) is 0. The van der Waals surface area contributed by atoms with Crippen LogP contribution in [0.3, 0.4) is 0 Å². The van der Waals surface area contributed by atoms with Crippen LogP contribution in [-0.2, 0) is 0 Å².